The summed E-state index contributed by atoms with van der Waals surface area (Å²) in [6, 6.07) is 0. The van der Waals surface area contributed by atoms with Crippen LogP contribution in [0, 0.1) is 3.57 Å². The van der Waals surface area contributed by atoms with Gasteiger partial charge in [0.1, 0.15) is 0 Å². The lowest BCUT2D eigenvalue weighted by Gasteiger charge is -1.86. The van der Waals surface area contributed by atoms with Gasteiger partial charge >= 0.3 is 0 Å². The van der Waals surface area contributed by atoms with Crippen molar-refractivity contribution in [3.05, 3.63) is 14.4 Å². The molecule has 0 saturated carbocycles. The maximum atomic E-state index is 5.60. The van der Waals surface area contributed by atoms with E-state index in [9.17, 15) is 0 Å². The highest BCUT2D eigenvalue weighted by molar-refractivity contribution is 14.1. The topological polar surface area (TPSA) is 54.7 Å². The molecule has 1 aromatic rings. The molecule has 1 aromatic heterocycles. The lowest BCUT2D eigenvalue weighted by molar-refractivity contribution is 0.944. The number of hydrogen-bond acceptors (Lipinski definition) is 2. The summed E-state index contributed by atoms with van der Waals surface area (Å²) in [4.78, 5) is 0. The SMILES string of the molecule is Cl.NCc1[nH]nc(Cl)c1I. The Labute approximate surface area is 83.3 Å². The molecule has 0 unspecified atom stereocenters. The standard InChI is InChI=1S/C4H5ClIN3.ClH/c5-4-3(6)2(1-7)8-9-4;/h1,7H2,(H,8,9);1H. The predicted molar refractivity (Wildman–Crippen MR) is 51.5 cm³/mol. The zero-order valence-corrected chi connectivity index (χ0v) is 8.63. The molecule has 0 saturated heterocycles. The van der Waals surface area contributed by atoms with Gasteiger partial charge in [0.25, 0.3) is 0 Å². The molecule has 0 bridgehead atoms. The van der Waals surface area contributed by atoms with Crippen molar-refractivity contribution in [3.63, 3.8) is 0 Å². The first-order chi connectivity index (χ1) is 4.25. The van der Waals surface area contributed by atoms with Gasteiger partial charge in [-0.25, -0.2) is 0 Å². The number of aromatic amines is 1. The second kappa shape index (κ2) is 4.38. The molecule has 0 aliphatic rings. The second-order valence-corrected chi connectivity index (χ2v) is 2.95. The first-order valence-electron chi connectivity index (χ1n) is 2.34. The van der Waals surface area contributed by atoms with Crippen LogP contribution in [-0.4, -0.2) is 10.2 Å². The van der Waals surface area contributed by atoms with E-state index >= 15 is 0 Å². The van der Waals surface area contributed by atoms with Gasteiger partial charge in [0.2, 0.25) is 0 Å². The number of nitrogens with two attached hydrogens (primary N) is 1. The first kappa shape index (κ1) is 10.5. The van der Waals surface area contributed by atoms with Crippen LogP contribution in [0.25, 0.3) is 0 Å². The van der Waals surface area contributed by atoms with Crippen LogP contribution in [0.1, 0.15) is 5.69 Å². The molecule has 0 aliphatic heterocycles. The fourth-order valence-electron chi connectivity index (χ4n) is 0.474. The summed E-state index contributed by atoms with van der Waals surface area (Å²) >= 11 is 7.70. The van der Waals surface area contributed by atoms with Gasteiger partial charge in [-0.3, -0.25) is 5.10 Å². The third-order valence-electron chi connectivity index (χ3n) is 0.939. The van der Waals surface area contributed by atoms with Gasteiger partial charge in [-0.1, -0.05) is 11.6 Å². The van der Waals surface area contributed by atoms with Gasteiger partial charge in [0, 0.05) is 6.54 Å². The quantitative estimate of drug-likeness (QED) is 0.772. The maximum absolute atomic E-state index is 5.60. The van der Waals surface area contributed by atoms with Crippen molar-refractivity contribution in [2.24, 2.45) is 5.73 Å². The highest BCUT2D eigenvalue weighted by Crippen LogP contribution is 2.17. The largest absolute Gasteiger partial charge is 0.325 e. The molecule has 0 fully saturated rings. The summed E-state index contributed by atoms with van der Waals surface area (Å²) in [6.07, 6.45) is 0. The van der Waals surface area contributed by atoms with E-state index in [1.807, 2.05) is 0 Å². The zero-order valence-electron chi connectivity index (χ0n) is 4.90. The molecule has 1 rings (SSSR count). The molecule has 6 heteroatoms. The number of H-pyrrole nitrogens is 1. The van der Waals surface area contributed by atoms with Gasteiger partial charge in [0.05, 0.1) is 9.26 Å². The minimum absolute atomic E-state index is 0. The molecule has 3 nitrogen and oxygen atoms in total. The van der Waals surface area contributed by atoms with Gasteiger partial charge in [-0.15, -0.1) is 12.4 Å². The number of nitrogens with one attached hydrogen (secondary N) is 1. The van der Waals surface area contributed by atoms with Crippen LogP contribution in [-0.2, 0) is 6.54 Å². The number of rotatable bonds is 1. The predicted octanol–water partition coefficient (Wildman–Crippen LogP) is 1.55. The van der Waals surface area contributed by atoms with Crippen LogP contribution in [0.3, 0.4) is 0 Å². The molecule has 0 atom stereocenters. The Bertz CT molecular complexity index is 212. The lowest BCUT2D eigenvalue weighted by Crippen LogP contribution is -1.97. The van der Waals surface area contributed by atoms with E-state index in [1.54, 1.807) is 0 Å². The van der Waals surface area contributed by atoms with E-state index in [-0.39, 0.29) is 12.4 Å². The average Bonchev–Trinajstić information content (AvgIpc) is 2.15. The summed E-state index contributed by atoms with van der Waals surface area (Å²) in [6.45, 7) is 0.456. The molecule has 0 amide bonds. The summed E-state index contributed by atoms with van der Waals surface area (Å²) in [5, 5.41) is 6.95. The molecule has 0 aromatic carbocycles. The van der Waals surface area contributed by atoms with Crippen LogP contribution >= 0.6 is 46.6 Å². The van der Waals surface area contributed by atoms with Gasteiger partial charge in [0.15, 0.2) is 5.15 Å². The molecule has 0 radical (unpaired) electrons. The fourth-order valence-corrected chi connectivity index (χ4v) is 1.09. The molecular weight excluding hydrogens is 288 g/mol. The minimum Gasteiger partial charge on any atom is -0.325 e. The summed E-state index contributed by atoms with van der Waals surface area (Å²) in [5.41, 5.74) is 6.22. The summed E-state index contributed by atoms with van der Waals surface area (Å²) < 4.78 is 0.914. The molecule has 10 heavy (non-hydrogen) atoms. The molecule has 1 heterocycles. The smallest absolute Gasteiger partial charge is 0.164 e. The van der Waals surface area contributed by atoms with Crippen molar-refractivity contribution >= 4 is 46.6 Å². The second-order valence-electron chi connectivity index (χ2n) is 1.51. The Hall–Kier alpha value is 0.480. The molecule has 58 valence electrons. The van der Waals surface area contributed by atoms with Crippen molar-refractivity contribution in [1.82, 2.24) is 10.2 Å². The Balaban J connectivity index is 0.000000810. The monoisotopic (exact) mass is 293 g/mol. The third-order valence-corrected chi connectivity index (χ3v) is 2.69. The van der Waals surface area contributed by atoms with Crippen LogP contribution in [0.4, 0.5) is 0 Å². The van der Waals surface area contributed by atoms with Crippen molar-refractivity contribution in [1.29, 1.82) is 0 Å². The minimum atomic E-state index is 0. The zero-order chi connectivity index (χ0) is 6.85. The number of aromatic nitrogens is 2. The van der Waals surface area contributed by atoms with Crippen molar-refractivity contribution in [3.8, 4) is 0 Å². The van der Waals surface area contributed by atoms with Crippen LogP contribution in [0.5, 0.6) is 0 Å². The molecule has 0 spiro atoms. The van der Waals surface area contributed by atoms with Crippen LogP contribution in [0.2, 0.25) is 5.15 Å². The fraction of sp³-hybridized carbons (Fsp3) is 0.250. The van der Waals surface area contributed by atoms with E-state index in [2.05, 4.69) is 32.8 Å². The van der Waals surface area contributed by atoms with Crippen LogP contribution in [0.15, 0.2) is 0 Å². The highest BCUT2D eigenvalue weighted by atomic mass is 127. The summed E-state index contributed by atoms with van der Waals surface area (Å²) in [5.74, 6) is 0. The Morgan fingerprint density at radius 2 is 2.30 bits per heavy atom. The van der Waals surface area contributed by atoms with E-state index < -0.39 is 0 Å². The van der Waals surface area contributed by atoms with Gasteiger partial charge in [-0.2, -0.15) is 5.10 Å². The van der Waals surface area contributed by atoms with E-state index in [0.717, 1.165) is 9.26 Å². The van der Waals surface area contributed by atoms with Crippen LogP contribution < -0.4 is 5.73 Å². The molecule has 0 aliphatic carbocycles. The van der Waals surface area contributed by atoms with Crippen molar-refractivity contribution in [2.75, 3.05) is 0 Å². The third kappa shape index (κ3) is 1.98. The van der Waals surface area contributed by atoms with Gasteiger partial charge < -0.3 is 5.73 Å². The molecular formula is C4H6Cl2IN3. The number of hydrogen-bond donors (Lipinski definition) is 2. The van der Waals surface area contributed by atoms with E-state index in [0.29, 0.717) is 11.7 Å². The first-order valence-corrected chi connectivity index (χ1v) is 3.79. The maximum Gasteiger partial charge on any atom is 0.164 e. The average molecular weight is 294 g/mol. The Morgan fingerprint density at radius 3 is 2.50 bits per heavy atom. The van der Waals surface area contributed by atoms with Crippen molar-refractivity contribution < 1.29 is 0 Å². The Morgan fingerprint density at radius 1 is 1.70 bits per heavy atom. The highest BCUT2D eigenvalue weighted by Gasteiger charge is 2.04. The van der Waals surface area contributed by atoms with Crippen molar-refractivity contribution in [2.45, 2.75) is 6.54 Å². The number of nitrogens with zero attached hydrogens (tertiary/aromatic N) is 1. The summed E-state index contributed by atoms with van der Waals surface area (Å²) in [7, 11) is 0. The molecule has 3 N–H and O–H groups in total. The van der Waals surface area contributed by atoms with E-state index in [4.69, 9.17) is 17.3 Å². The number of halogens is 3. The van der Waals surface area contributed by atoms with Gasteiger partial charge in [-0.05, 0) is 22.6 Å². The lowest BCUT2D eigenvalue weighted by atomic mass is 10.4. The normalized spacial score (nSPS) is 9.10. The van der Waals surface area contributed by atoms with E-state index in [1.165, 1.54) is 0 Å². The Kier molecular flexibility index (Phi) is 4.59.